The standard InChI is InChI=1S/C11H21N3O3/c1-8(10(15)16)13-11(17)14-5-3-4-9(7-14)6-12-2/h8-9,12H,3-7H2,1-2H3,(H,13,17)(H,15,16)/t8-,9?/m0/s1. The van der Waals surface area contributed by atoms with E-state index in [0.717, 1.165) is 19.4 Å². The number of urea groups is 1. The summed E-state index contributed by atoms with van der Waals surface area (Å²) in [5.74, 6) is -0.554. The van der Waals surface area contributed by atoms with Gasteiger partial charge in [0.15, 0.2) is 0 Å². The summed E-state index contributed by atoms with van der Waals surface area (Å²) in [6, 6.07) is -1.12. The quantitative estimate of drug-likeness (QED) is 0.654. The Kier molecular flexibility index (Phi) is 5.21. The number of nitrogens with one attached hydrogen (secondary N) is 2. The molecule has 1 saturated heterocycles. The molecule has 0 saturated carbocycles. The first-order chi connectivity index (χ1) is 8.04. The third-order valence-corrected chi connectivity index (χ3v) is 3.01. The molecule has 0 aliphatic carbocycles. The molecule has 1 heterocycles. The highest BCUT2D eigenvalue weighted by molar-refractivity contribution is 5.82. The molecule has 6 heteroatoms. The largest absolute Gasteiger partial charge is 0.480 e. The van der Waals surface area contributed by atoms with Gasteiger partial charge in [-0.1, -0.05) is 0 Å². The summed E-state index contributed by atoms with van der Waals surface area (Å²) >= 11 is 0. The van der Waals surface area contributed by atoms with Crippen LogP contribution in [0.15, 0.2) is 0 Å². The van der Waals surface area contributed by atoms with E-state index in [2.05, 4.69) is 10.6 Å². The summed E-state index contributed by atoms with van der Waals surface area (Å²) in [6.07, 6.45) is 2.08. The molecule has 0 spiro atoms. The molecule has 1 aliphatic heterocycles. The lowest BCUT2D eigenvalue weighted by Crippen LogP contribution is -2.50. The van der Waals surface area contributed by atoms with Crippen molar-refractivity contribution in [3.05, 3.63) is 0 Å². The van der Waals surface area contributed by atoms with Gasteiger partial charge in [0.25, 0.3) is 0 Å². The van der Waals surface area contributed by atoms with Crippen LogP contribution in [0, 0.1) is 5.92 Å². The number of rotatable bonds is 4. The van der Waals surface area contributed by atoms with Gasteiger partial charge < -0.3 is 20.6 Å². The van der Waals surface area contributed by atoms with Crippen molar-refractivity contribution in [3.8, 4) is 0 Å². The molecule has 0 aromatic carbocycles. The lowest BCUT2D eigenvalue weighted by molar-refractivity contribution is -0.138. The van der Waals surface area contributed by atoms with Crippen molar-refractivity contribution in [2.24, 2.45) is 5.92 Å². The maximum absolute atomic E-state index is 11.8. The minimum absolute atomic E-state index is 0.277. The zero-order valence-corrected chi connectivity index (χ0v) is 10.4. The number of aliphatic carboxylic acids is 1. The van der Waals surface area contributed by atoms with Gasteiger partial charge in [0.2, 0.25) is 0 Å². The first kappa shape index (κ1) is 13.8. The second-order valence-electron chi connectivity index (χ2n) is 4.52. The number of amides is 2. The number of nitrogens with zero attached hydrogens (tertiary/aromatic N) is 1. The van der Waals surface area contributed by atoms with E-state index in [-0.39, 0.29) is 6.03 Å². The molecule has 0 radical (unpaired) electrons. The summed E-state index contributed by atoms with van der Waals surface area (Å²) in [5.41, 5.74) is 0. The topological polar surface area (TPSA) is 81.7 Å². The van der Waals surface area contributed by atoms with Crippen LogP contribution in [0.3, 0.4) is 0 Å². The van der Waals surface area contributed by atoms with E-state index in [0.29, 0.717) is 19.0 Å². The van der Waals surface area contributed by atoms with Crippen molar-refractivity contribution in [1.29, 1.82) is 0 Å². The normalized spacial score (nSPS) is 22.0. The number of likely N-dealkylation sites (tertiary alicyclic amines) is 1. The first-order valence-corrected chi connectivity index (χ1v) is 5.97. The average Bonchev–Trinajstić information content (AvgIpc) is 2.29. The molecule has 1 rings (SSSR count). The fourth-order valence-corrected chi connectivity index (χ4v) is 2.04. The maximum atomic E-state index is 11.8. The van der Waals surface area contributed by atoms with E-state index in [9.17, 15) is 9.59 Å². The molecule has 6 nitrogen and oxygen atoms in total. The molecule has 0 aromatic rings. The number of carboxylic acids is 1. The number of carbonyl (C=O) groups excluding carboxylic acids is 1. The van der Waals surface area contributed by atoms with Crippen molar-refractivity contribution in [1.82, 2.24) is 15.5 Å². The number of piperidine rings is 1. The van der Waals surface area contributed by atoms with Crippen molar-refractivity contribution >= 4 is 12.0 Å². The fraction of sp³-hybridized carbons (Fsp3) is 0.818. The molecule has 3 N–H and O–H groups in total. The SMILES string of the molecule is CNCC1CCCN(C(=O)N[C@@H](C)C(=O)O)C1. The van der Waals surface area contributed by atoms with Crippen LogP contribution in [0.1, 0.15) is 19.8 Å². The Balaban J connectivity index is 2.43. The van der Waals surface area contributed by atoms with Crippen molar-refractivity contribution in [3.63, 3.8) is 0 Å². The summed E-state index contributed by atoms with van der Waals surface area (Å²) < 4.78 is 0. The van der Waals surface area contributed by atoms with Crippen LogP contribution in [0.5, 0.6) is 0 Å². The van der Waals surface area contributed by atoms with Crippen LogP contribution in [-0.4, -0.2) is 54.7 Å². The van der Waals surface area contributed by atoms with E-state index in [1.165, 1.54) is 6.92 Å². The maximum Gasteiger partial charge on any atom is 0.325 e. The van der Waals surface area contributed by atoms with E-state index < -0.39 is 12.0 Å². The van der Waals surface area contributed by atoms with E-state index in [1.54, 1.807) is 4.90 Å². The van der Waals surface area contributed by atoms with Gasteiger partial charge in [0, 0.05) is 13.1 Å². The molecule has 1 unspecified atom stereocenters. The lowest BCUT2D eigenvalue weighted by atomic mass is 9.98. The van der Waals surface area contributed by atoms with Crippen molar-refractivity contribution in [2.75, 3.05) is 26.7 Å². The monoisotopic (exact) mass is 243 g/mol. The average molecular weight is 243 g/mol. The number of carbonyl (C=O) groups is 2. The number of hydrogen-bond donors (Lipinski definition) is 3. The second-order valence-corrected chi connectivity index (χ2v) is 4.52. The highest BCUT2D eigenvalue weighted by atomic mass is 16.4. The molecular formula is C11H21N3O3. The van der Waals surface area contributed by atoms with Crippen molar-refractivity contribution < 1.29 is 14.7 Å². The van der Waals surface area contributed by atoms with E-state index >= 15 is 0 Å². The zero-order chi connectivity index (χ0) is 12.8. The van der Waals surface area contributed by atoms with Gasteiger partial charge in [0.05, 0.1) is 0 Å². The molecule has 0 bridgehead atoms. The van der Waals surface area contributed by atoms with Crippen LogP contribution in [-0.2, 0) is 4.79 Å². The Morgan fingerprint density at radius 1 is 1.53 bits per heavy atom. The van der Waals surface area contributed by atoms with Crippen LogP contribution in [0.2, 0.25) is 0 Å². The predicted octanol–water partition coefficient (Wildman–Crippen LogP) is 0.101. The van der Waals surface area contributed by atoms with Gasteiger partial charge in [-0.2, -0.15) is 0 Å². The van der Waals surface area contributed by atoms with Crippen molar-refractivity contribution in [2.45, 2.75) is 25.8 Å². The minimum Gasteiger partial charge on any atom is -0.480 e. The molecule has 17 heavy (non-hydrogen) atoms. The molecule has 98 valence electrons. The molecule has 1 aliphatic rings. The van der Waals surface area contributed by atoms with E-state index in [1.807, 2.05) is 7.05 Å². The van der Waals surface area contributed by atoms with Gasteiger partial charge in [-0.3, -0.25) is 4.79 Å². The molecule has 2 amide bonds. The highest BCUT2D eigenvalue weighted by Gasteiger charge is 2.25. The summed E-state index contributed by atoms with van der Waals surface area (Å²) in [7, 11) is 1.89. The zero-order valence-electron chi connectivity index (χ0n) is 10.4. The van der Waals surface area contributed by atoms with Gasteiger partial charge >= 0.3 is 12.0 Å². The Morgan fingerprint density at radius 3 is 2.82 bits per heavy atom. The predicted molar refractivity (Wildman–Crippen MR) is 63.9 cm³/mol. The van der Waals surface area contributed by atoms with Gasteiger partial charge in [0.1, 0.15) is 6.04 Å². The number of carboxylic acid groups (broad SMARTS) is 1. The van der Waals surface area contributed by atoms with Gasteiger partial charge in [-0.05, 0) is 39.3 Å². The van der Waals surface area contributed by atoms with Gasteiger partial charge in [-0.25, -0.2) is 4.79 Å². The third kappa shape index (κ3) is 4.22. The molecular weight excluding hydrogens is 222 g/mol. The first-order valence-electron chi connectivity index (χ1n) is 5.97. The van der Waals surface area contributed by atoms with Crippen LogP contribution >= 0.6 is 0 Å². The van der Waals surface area contributed by atoms with E-state index in [4.69, 9.17) is 5.11 Å². The lowest BCUT2D eigenvalue weighted by Gasteiger charge is -2.33. The Morgan fingerprint density at radius 2 is 2.24 bits per heavy atom. The Hall–Kier alpha value is -1.30. The summed E-state index contributed by atoms with van der Waals surface area (Å²) in [4.78, 5) is 24.1. The minimum atomic E-state index is -1.01. The summed E-state index contributed by atoms with van der Waals surface area (Å²) in [6.45, 7) is 3.75. The molecule has 1 fully saturated rings. The molecule has 2 atom stereocenters. The Bertz CT molecular complexity index is 281. The third-order valence-electron chi connectivity index (χ3n) is 3.01. The van der Waals surface area contributed by atoms with Crippen LogP contribution in [0.4, 0.5) is 4.79 Å². The smallest absolute Gasteiger partial charge is 0.325 e. The van der Waals surface area contributed by atoms with Gasteiger partial charge in [-0.15, -0.1) is 0 Å². The van der Waals surface area contributed by atoms with Crippen LogP contribution in [0.25, 0.3) is 0 Å². The Labute approximate surface area is 101 Å². The highest BCUT2D eigenvalue weighted by Crippen LogP contribution is 2.15. The second kappa shape index (κ2) is 6.44. The number of hydrogen-bond acceptors (Lipinski definition) is 3. The van der Waals surface area contributed by atoms with Crippen LogP contribution < -0.4 is 10.6 Å². The molecule has 0 aromatic heterocycles. The fourth-order valence-electron chi connectivity index (χ4n) is 2.04. The summed E-state index contributed by atoms with van der Waals surface area (Å²) in [5, 5.41) is 14.3.